The number of hydrogen-bond donors (Lipinski definition) is 0. The lowest BCUT2D eigenvalue weighted by atomic mass is 9.83. The van der Waals surface area contributed by atoms with E-state index in [0.29, 0.717) is 0 Å². The first-order valence-electron chi connectivity index (χ1n) is 9.26. The molecule has 0 radical (unpaired) electrons. The first-order valence-corrected chi connectivity index (χ1v) is 9.26. The fourth-order valence-electron chi connectivity index (χ4n) is 3.05. The molecule has 0 saturated heterocycles. The number of hydrogen-bond acceptors (Lipinski definition) is 1. The monoisotopic (exact) mass is 338 g/mol. The zero-order chi connectivity index (χ0) is 18.8. The molecule has 0 fully saturated rings. The maximum Gasteiger partial charge on any atom is 0.0558 e. The standard InChI is InChI=1S/C24H34O/c1-17-9-11-21(13-19(17)3)23(5,6)15-25-16-24(7,8)22-12-10-18(2)20(4)14-22/h9-14H,15-16H2,1-8H3. The van der Waals surface area contributed by atoms with Crippen molar-refractivity contribution in [1.29, 1.82) is 0 Å². The van der Waals surface area contributed by atoms with Crippen LogP contribution in [0.3, 0.4) is 0 Å². The lowest BCUT2D eigenvalue weighted by Crippen LogP contribution is -2.30. The van der Waals surface area contributed by atoms with Crippen molar-refractivity contribution < 1.29 is 4.74 Å². The van der Waals surface area contributed by atoms with Crippen molar-refractivity contribution >= 4 is 0 Å². The number of rotatable bonds is 6. The van der Waals surface area contributed by atoms with Gasteiger partial charge >= 0.3 is 0 Å². The largest absolute Gasteiger partial charge is 0.380 e. The molecule has 25 heavy (non-hydrogen) atoms. The summed E-state index contributed by atoms with van der Waals surface area (Å²) < 4.78 is 6.21. The molecular weight excluding hydrogens is 304 g/mol. The van der Waals surface area contributed by atoms with E-state index in [0.717, 1.165) is 13.2 Å². The molecule has 0 aliphatic heterocycles. The molecule has 0 aliphatic rings. The fourth-order valence-corrected chi connectivity index (χ4v) is 3.05. The highest BCUT2D eigenvalue weighted by Crippen LogP contribution is 2.29. The van der Waals surface area contributed by atoms with E-state index >= 15 is 0 Å². The van der Waals surface area contributed by atoms with Crippen LogP contribution in [-0.2, 0) is 15.6 Å². The van der Waals surface area contributed by atoms with Crippen molar-refractivity contribution in [2.45, 2.75) is 66.2 Å². The van der Waals surface area contributed by atoms with Crippen molar-refractivity contribution in [1.82, 2.24) is 0 Å². The molecule has 0 aliphatic carbocycles. The van der Waals surface area contributed by atoms with E-state index in [-0.39, 0.29) is 10.8 Å². The molecule has 1 heteroatoms. The number of benzene rings is 2. The molecule has 136 valence electrons. The highest BCUT2D eigenvalue weighted by Gasteiger charge is 2.25. The molecule has 0 saturated carbocycles. The Bertz CT molecular complexity index is 674. The summed E-state index contributed by atoms with van der Waals surface area (Å²) in [5.74, 6) is 0. The highest BCUT2D eigenvalue weighted by molar-refractivity contribution is 5.35. The van der Waals surface area contributed by atoms with E-state index in [9.17, 15) is 0 Å². The van der Waals surface area contributed by atoms with Gasteiger partial charge in [0.2, 0.25) is 0 Å². The molecule has 0 N–H and O–H groups in total. The summed E-state index contributed by atoms with van der Waals surface area (Å²) in [5.41, 5.74) is 8.10. The third kappa shape index (κ3) is 4.73. The van der Waals surface area contributed by atoms with Crippen LogP contribution in [0.1, 0.15) is 61.1 Å². The third-order valence-corrected chi connectivity index (χ3v) is 5.50. The van der Waals surface area contributed by atoms with Gasteiger partial charge in [-0.1, -0.05) is 64.1 Å². The van der Waals surface area contributed by atoms with Crippen molar-refractivity contribution in [3.8, 4) is 0 Å². The first-order chi connectivity index (χ1) is 11.5. The van der Waals surface area contributed by atoms with Gasteiger partial charge in [0.1, 0.15) is 0 Å². The van der Waals surface area contributed by atoms with Crippen molar-refractivity contribution in [3.05, 3.63) is 69.8 Å². The Morgan fingerprint density at radius 3 is 1.28 bits per heavy atom. The highest BCUT2D eigenvalue weighted by atomic mass is 16.5. The molecule has 0 amide bonds. The molecule has 0 heterocycles. The Balaban J connectivity index is 2.04. The summed E-state index contributed by atoms with van der Waals surface area (Å²) in [4.78, 5) is 0. The van der Waals surface area contributed by atoms with Crippen LogP contribution in [0, 0.1) is 27.7 Å². The van der Waals surface area contributed by atoms with Gasteiger partial charge in [-0.3, -0.25) is 0 Å². The van der Waals surface area contributed by atoms with E-state index in [2.05, 4.69) is 91.8 Å². The fraction of sp³-hybridized carbons (Fsp3) is 0.500. The van der Waals surface area contributed by atoms with E-state index in [1.165, 1.54) is 33.4 Å². The number of aryl methyl sites for hydroxylation is 4. The molecule has 2 rings (SSSR count). The van der Waals surface area contributed by atoms with Gasteiger partial charge in [0.25, 0.3) is 0 Å². The van der Waals surface area contributed by atoms with Gasteiger partial charge in [-0.2, -0.15) is 0 Å². The van der Waals surface area contributed by atoms with Gasteiger partial charge in [-0.05, 0) is 61.1 Å². The summed E-state index contributed by atoms with van der Waals surface area (Å²) in [7, 11) is 0. The van der Waals surface area contributed by atoms with Crippen LogP contribution in [-0.4, -0.2) is 13.2 Å². The minimum Gasteiger partial charge on any atom is -0.380 e. The Labute approximate surface area is 154 Å². The zero-order valence-electron chi connectivity index (χ0n) is 17.3. The van der Waals surface area contributed by atoms with E-state index in [4.69, 9.17) is 4.74 Å². The lowest BCUT2D eigenvalue weighted by Gasteiger charge is -2.30. The molecule has 2 aromatic carbocycles. The predicted molar refractivity (Wildman–Crippen MR) is 109 cm³/mol. The molecule has 0 aromatic heterocycles. The average Bonchev–Trinajstić information content (AvgIpc) is 2.52. The van der Waals surface area contributed by atoms with E-state index < -0.39 is 0 Å². The molecule has 0 bridgehead atoms. The molecular formula is C24H34O. The minimum absolute atomic E-state index is 0.0116. The molecule has 2 aromatic rings. The maximum atomic E-state index is 6.21. The van der Waals surface area contributed by atoms with Gasteiger partial charge in [0.15, 0.2) is 0 Å². The Hall–Kier alpha value is -1.60. The quantitative estimate of drug-likeness (QED) is 0.610. The maximum absolute atomic E-state index is 6.21. The van der Waals surface area contributed by atoms with E-state index in [1.807, 2.05) is 0 Å². The number of ether oxygens (including phenoxy) is 1. The van der Waals surface area contributed by atoms with Crippen LogP contribution in [0.4, 0.5) is 0 Å². The van der Waals surface area contributed by atoms with Crippen molar-refractivity contribution in [2.75, 3.05) is 13.2 Å². The van der Waals surface area contributed by atoms with E-state index in [1.54, 1.807) is 0 Å². The van der Waals surface area contributed by atoms with Crippen LogP contribution in [0.15, 0.2) is 36.4 Å². The smallest absolute Gasteiger partial charge is 0.0558 e. The SMILES string of the molecule is Cc1ccc(C(C)(C)COCC(C)(C)c2ccc(C)c(C)c2)cc1C. The van der Waals surface area contributed by atoms with Gasteiger partial charge in [-0.15, -0.1) is 0 Å². The molecule has 0 spiro atoms. The van der Waals surface area contributed by atoms with Crippen LogP contribution in [0.25, 0.3) is 0 Å². The Morgan fingerprint density at radius 1 is 0.600 bits per heavy atom. The van der Waals surface area contributed by atoms with Crippen LogP contribution in [0.2, 0.25) is 0 Å². The second kappa shape index (κ2) is 7.33. The normalized spacial score (nSPS) is 12.5. The second-order valence-electron chi connectivity index (χ2n) is 8.86. The second-order valence-corrected chi connectivity index (χ2v) is 8.86. The summed E-state index contributed by atoms with van der Waals surface area (Å²) in [6, 6.07) is 13.5. The topological polar surface area (TPSA) is 9.23 Å². The Morgan fingerprint density at radius 2 is 0.960 bits per heavy atom. The third-order valence-electron chi connectivity index (χ3n) is 5.50. The predicted octanol–water partition coefficient (Wildman–Crippen LogP) is 6.19. The van der Waals surface area contributed by atoms with Crippen LogP contribution in [0.5, 0.6) is 0 Å². The zero-order valence-corrected chi connectivity index (χ0v) is 17.3. The van der Waals surface area contributed by atoms with Gasteiger partial charge in [0, 0.05) is 10.8 Å². The molecule has 0 unspecified atom stereocenters. The van der Waals surface area contributed by atoms with Crippen molar-refractivity contribution in [3.63, 3.8) is 0 Å². The summed E-state index contributed by atoms with van der Waals surface area (Å²) in [5, 5.41) is 0. The summed E-state index contributed by atoms with van der Waals surface area (Å²) >= 11 is 0. The Kier molecular flexibility index (Phi) is 5.79. The first kappa shape index (κ1) is 19.7. The van der Waals surface area contributed by atoms with Crippen molar-refractivity contribution in [2.24, 2.45) is 0 Å². The lowest BCUT2D eigenvalue weighted by molar-refractivity contribution is 0.0633. The average molecular weight is 339 g/mol. The van der Waals surface area contributed by atoms with Crippen LogP contribution >= 0.6 is 0 Å². The van der Waals surface area contributed by atoms with Gasteiger partial charge in [0.05, 0.1) is 13.2 Å². The molecule has 0 atom stereocenters. The molecule has 1 nitrogen and oxygen atoms in total. The minimum atomic E-state index is 0.0116. The van der Waals surface area contributed by atoms with Gasteiger partial charge < -0.3 is 4.74 Å². The van der Waals surface area contributed by atoms with Gasteiger partial charge in [-0.25, -0.2) is 0 Å². The summed E-state index contributed by atoms with van der Waals surface area (Å²) in [6.07, 6.45) is 0. The van der Waals surface area contributed by atoms with Crippen LogP contribution < -0.4 is 0 Å². The summed E-state index contributed by atoms with van der Waals surface area (Å²) in [6.45, 7) is 19.2.